The second kappa shape index (κ2) is 6.46. The van der Waals surface area contributed by atoms with Crippen LogP contribution in [0.5, 0.6) is 0 Å². The molecule has 1 aromatic carbocycles. The van der Waals surface area contributed by atoms with Crippen LogP contribution in [0.2, 0.25) is 0 Å². The molecule has 19 heavy (non-hydrogen) atoms. The Balaban J connectivity index is 2.23. The fraction of sp³-hybridized carbons (Fsp3) is 0.600. The van der Waals surface area contributed by atoms with Gasteiger partial charge < -0.3 is 10.2 Å². The quantitative estimate of drug-likeness (QED) is 0.894. The largest absolute Gasteiger partial charge is 0.309 e. The molecule has 0 radical (unpaired) electrons. The van der Waals surface area contributed by atoms with Crippen molar-refractivity contribution in [2.24, 2.45) is 0 Å². The van der Waals surface area contributed by atoms with Gasteiger partial charge in [0, 0.05) is 31.7 Å². The zero-order valence-corrected chi connectivity index (χ0v) is 12.1. The first-order valence-electron chi connectivity index (χ1n) is 6.99. The van der Waals surface area contributed by atoms with Gasteiger partial charge in [0.05, 0.1) is 0 Å². The zero-order valence-electron chi connectivity index (χ0n) is 12.1. The second-order valence-corrected chi connectivity index (χ2v) is 5.40. The van der Waals surface area contributed by atoms with E-state index in [1.807, 2.05) is 6.07 Å². The summed E-state index contributed by atoms with van der Waals surface area (Å²) in [5.41, 5.74) is 1.04. The monoisotopic (exact) mass is 265 g/mol. The molecular formula is C15H24FN3. The molecule has 0 amide bonds. The number of piperazine rings is 1. The van der Waals surface area contributed by atoms with Crippen LogP contribution in [0.1, 0.15) is 18.5 Å². The average molecular weight is 265 g/mol. The van der Waals surface area contributed by atoms with Gasteiger partial charge in [-0.3, -0.25) is 4.90 Å². The lowest BCUT2D eigenvalue weighted by molar-refractivity contribution is 0.0880. The molecule has 1 saturated heterocycles. The van der Waals surface area contributed by atoms with Crippen LogP contribution in [-0.2, 0) is 0 Å². The van der Waals surface area contributed by atoms with E-state index in [-0.39, 0.29) is 11.9 Å². The zero-order chi connectivity index (χ0) is 13.8. The van der Waals surface area contributed by atoms with Gasteiger partial charge in [0.1, 0.15) is 5.82 Å². The van der Waals surface area contributed by atoms with Gasteiger partial charge in [-0.2, -0.15) is 0 Å². The van der Waals surface area contributed by atoms with Crippen molar-refractivity contribution in [2.45, 2.75) is 19.0 Å². The van der Waals surface area contributed by atoms with Crippen molar-refractivity contribution in [3.8, 4) is 0 Å². The first-order chi connectivity index (χ1) is 9.11. The molecule has 1 heterocycles. The minimum atomic E-state index is -0.160. The maximum absolute atomic E-state index is 13.5. The van der Waals surface area contributed by atoms with Crippen LogP contribution in [0.4, 0.5) is 4.39 Å². The molecule has 2 unspecified atom stereocenters. The molecule has 1 aliphatic heterocycles. The minimum Gasteiger partial charge on any atom is -0.309 e. The predicted molar refractivity (Wildman–Crippen MR) is 76.7 cm³/mol. The Morgan fingerprint density at radius 2 is 2.16 bits per heavy atom. The first-order valence-corrected chi connectivity index (χ1v) is 6.99. The van der Waals surface area contributed by atoms with E-state index in [0.717, 1.165) is 31.7 Å². The Labute approximate surface area is 115 Å². The third-order valence-electron chi connectivity index (χ3n) is 3.92. The minimum absolute atomic E-state index is 0.160. The van der Waals surface area contributed by atoms with E-state index in [4.69, 9.17) is 0 Å². The van der Waals surface area contributed by atoms with Crippen molar-refractivity contribution in [3.05, 3.63) is 35.6 Å². The molecule has 0 spiro atoms. The van der Waals surface area contributed by atoms with Crippen molar-refractivity contribution in [1.82, 2.24) is 15.1 Å². The standard InChI is InChI=1S/C15H24FN3/c1-4-17-15(12-6-5-7-13(16)10-12)14-11-18(2)8-9-19(14)3/h5-7,10,14-15,17H,4,8-9,11H2,1-3H3. The SMILES string of the molecule is CCNC(c1cccc(F)c1)C1CN(C)CCN1C. The fourth-order valence-electron chi connectivity index (χ4n) is 2.80. The van der Waals surface area contributed by atoms with E-state index in [2.05, 4.69) is 36.1 Å². The van der Waals surface area contributed by atoms with E-state index in [1.165, 1.54) is 6.07 Å². The Hall–Kier alpha value is -0.970. The van der Waals surface area contributed by atoms with Gasteiger partial charge >= 0.3 is 0 Å². The number of likely N-dealkylation sites (N-methyl/N-ethyl adjacent to an activating group) is 3. The summed E-state index contributed by atoms with van der Waals surface area (Å²) in [5.74, 6) is -0.160. The van der Waals surface area contributed by atoms with Crippen LogP contribution in [-0.4, -0.2) is 56.1 Å². The lowest BCUT2D eigenvalue weighted by atomic mass is 9.96. The number of nitrogens with zero attached hydrogens (tertiary/aromatic N) is 2. The third-order valence-corrected chi connectivity index (χ3v) is 3.92. The fourth-order valence-corrected chi connectivity index (χ4v) is 2.80. The number of nitrogens with one attached hydrogen (secondary N) is 1. The van der Waals surface area contributed by atoms with Gasteiger partial charge in [-0.15, -0.1) is 0 Å². The second-order valence-electron chi connectivity index (χ2n) is 5.40. The lowest BCUT2D eigenvalue weighted by Gasteiger charge is -2.42. The van der Waals surface area contributed by atoms with Gasteiger partial charge in [-0.05, 0) is 38.3 Å². The van der Waals surface area contributed by atoms with Gasteiger partial charge in [0.25, 0.3) is 0 Å². The molecular weight excluding hydrogens is 241 g/mol. The van der Waals surface area contributed by atoms with Crippen molar-refractivity contribution < 1.29 is 4.39 Å². The summed E-state index contributed by atoms with van der Waals surface area (Å²) in [6.45, 7) is 6.13. The van der Waals surface area contributed by atoms with E-state index in [9.17, 15) is 4.39 Å². The van der Waals surface area contributed by atoms with Crippen LogP contribution >= 0.6 is 0 Å². The molecule has 0 saturated carbocycles. The van der Waals surface area contributed by atoms with Crippen molar-refractivity contribution in [1.29, 1.82) is 0 Å². The maximum Gasteiger partial charge on any atom is 0.123 e. The van der Waals surface area contributed by atoms with E-state index in [1.54, 1.807) is 12.1 Å². The molecule has 1 N–H and O–H groups in total. The van der Waals surface area contributed by atoms with E-state index < -0.39 is 0 Å². The van der Waals surface area contributed by atoms with Crippen LogP contribution in [0, 0.1) is 5.82 Å². The number of hydrogen-bond donors (Lipinski definition) is 1. The van der Waals surface area contributed by atoms with Crippen LogP contribution in [0.25, 0.3) is 0 Å². The topological polar surface area (TPSA) is 18.5 Å². The summed E-state index contributed by atoms with van der Waals surface area (Å²) >= 11 is 0. The molecule has 1 aromatic rings. The van der Waals surface area contributed by atoms with Crippen LogP contribution in [0.15, 0.2) is 24.3 Å². The summed E-state index contributed by atoms with van der Waals surface area (Å²) in [5, 5.41) is 3.51. The predicted octanol–water partition coefficient (Wildman–Crippen LogP) is 1.72. The van der Waals surface area contributed by atoms with Crippen molar-refractivity contribution >= 4 is 0 Å². The molecule has 2 atom stereocenters. The molecule has 2 rings (SSSR count). The summed E-state index contributed by atoms with van der Waals surface area (Å²) in [7, 11) is 4.30. The molecule has 0 bridgehead atoms. The van der Waals surface area contributed by atoms with Crippen LogP contribution in [0.3, 0.4) is 0 Å². The molecule has 0 aliphatic carbocycles. The highest BCUT2D eigenvalue weighted by atomic mass is 19.1. The molecule has 3 nitrogen and oxygen atoms in total. The van der Waals surface area contributed by atoms with Crippen LogP contribution < -0.4 is 5.32 Å². The first kappa shape index (κ1) is 14.4. The maximum atomic E-state index is 13.5. The van der Waals surface area contributed by atoms with Gasteiger partial charge in [-0.25, -0.2) is 4.39 Å². The van der Waals surface area contributed by atoms with Gasteiger partial charge in [0.2, 0.25) is 0 Å². The summed E-state index contributed by atoms with van der Waals surface area (Å²) in [6.07, 6.45) is 0. The average Bonchev–Trinajstić information content (AvgIpc) is 2.39. The summed E-state index contributed by atoms with van der Waals surface area (Å²) in [4.78, 5) is 4.71. The van der Waals surface area contributed by atoms with E-state index in [0.29, 0.717) is 6.04 Å². The Bertz CT molecular complexity index is 410. The van der Waals surface area contributed by atoms with Gasteiger partial charge in [-0.1, -0.05) is 19.1 Å². The molecule has 1 fully saturated rings. The molecule has 106 valence electrons. The number of halogens is 1. The molecule has 0 aromatic heterocycles. The highest BCUT2D eigenvalue weighted by molar-refractivity contribution is 5.22. The summed E-state index contributed by atoms with van der Waals surface area (Å²) in [6, 6.07) is 7.51. The lowest BCUT2D eigenvalue weighted by Crippen LogP contribution is -2.55. The smallest absolute Gasteiger partial charge is 0.123 e. The number of rotatable bonds is 4. The Morgan fingerprint density at radius 3 is 2.84 bits per heavy atom. The number of hydrogen-bond acceptors (Lipinski definition) is 3. The van der Waals surface area contributed by atoms with E-state index >= 15 is 0 Å². The van der Waals surface area contributed by atoms with Crippen molar-refractivity contribution in [3.63, 3.8) is 0 Å². The highest BCUT2D eigenvalue weighted by Gasteiger charge is 2.30. The van der Waals surface area contributed by atoms with Crippen molar-refractivity contribution in [2.75, 3.05) is 40.3 Å². The Morgan fingerprint density at radius 1 is 1.37 bits per heavy atom. The van der Waals surface area contributed by atoms with Gasteiger partial charge in [0.15, 0.2) is 0 Å². The number of benzene rings is 1. The normalized spacial score (nSPS) is 23.5. The Kier molecular flexibility index (Phi) is 4.91. The molecule has 4 heteroatoms. The molecule has 1 aliphatic rings. The summed E-state index contributed by atoms with van der Waals surface area (Å²) < 4.78 is 13.5. The third kappa shape index (κ3) is 3.53. The highest BCUT2D eigenvalue weighted by Crippen LogP contribution is 2.23.